The van der Waals surface area contributed by atoms with Crippen molar-refractivity contribution in [2.24, 2.45) is 0 Å². The van der Waals surface area contributed by atoms with Gasteiger partial charge in [-0.05, 0) is 27.2 Å². The fourth-order valence-electron chi connectivity index (χ4n) is 1.08. The number of alkyl halides is 1. The van der Waals surface area contributed by atoms with E-state index in [0.29, 0.717) is 6.42 Å². The van der Waals surface area contributed by atoms with Crippen LogP contribution in [-0.2, 0) is 9.84 Å². The molecule has 0 radical (unpaired) electrons. The normalized spacial score (nSPS) is 17.8. The number of hydrogen-bond donors (Lipinski definition) is 0. The first-order chi connectivity index (χ1) is 5.25. The van der Waals surface area contributed by atoms with Crippen LogP contribution in [-0.4, -0.2) is 18.7 Å². The Bertz CT molecular complexity index is 229. The first kappa shape index (κ1) is 11.9. The van der Waals surface area contributed by atoms with Crippen LogP contribution in [0, 0.1) is 0 Å². The van der Waals surface area contributed by atoms with E-state index in [9.17, 15) is 12.8 Å². The zero-order valence-electron chi connectivity index (χ0n) is 8.09. The summed E-state index contributed by atoms with van der Waals surface area (Å²) in [6.45, 7) is 5.92. The van der Waals surface area contributed by atoms with E-state index >= 15 is 0 Å². The van der Waals surface area contributed by atoms with Crippen LogP contribution >= 0.6 is 0 Å². The standard InChI is InChI=1S/C8H17FO2S/c1-5-6-8(4,9)12(10,11)7(2)3/h7H,5-6H2,1-4H3. The average Bonchev–Trinajstić information content (AvgIpc) is 1.86. The van der Waals surface area contributed by atoms with E-state index in [-0.39, 0.29) is 6.42 Å². The maximum Gasteiger partial charge on any atom is 0.208 e. The molecule has 0 saturated carbocycles. The molecule has 1 atom stereocenters. The third-order valence-electron chi connectivity index (χ3n) is 1.91. The summed E-state index contributed by atoms with van der Waals surface area (Å²) in [4.78, 5) is 0. The topological polar surface area (TPSA) is 34.1 Å². The van der Waals surface area contributed by atoms with Crippen molar-refractivity contribution in [3.05, 3.63) is 0 Å². The van der Waals surface area contributed by atoms with Gasteiger partial charge < -0.3 is 0 Å². The Hall–Kier alpha value is -0.120. The number of hydrogen-bond acceptors (Lipinski definition) is 2. The molecule has 0 fully saturated rings. The van der Waals surface area contributed by atoms with E-state index in [1.807, 2.05) is 0 Å². The molecule has 0 aliphatic carbocycles. The molecule has 2 nitrogen and oxygen atoms in total. The molecule has 0 aromatic carbocycles. The van der Waals surface area contributed by atoms with Gasteiger partial charge in [-0.15, -0.1) is 0 Å². The first-order valence-corrected chi connectivity index (χ1v) is 5.72. The predicted molar refractivity (Wildman–Crippen MR) is 48.5 cm³/mol. The van der Waals surface area contributed by atoms with Gasteiger partial charge in [0, 0.05) is 0 Å². The molecule has 74 valence electrons. The SMILES string of the molecule is CCCC(C)(F)S(=O)(=O)C(C)C. The molecule has 0 aliphatic rings. The lowest BCUT2D eigenvalue weighted by atomic mass is 10.2. The molecule has 4 heteroatoms. The Morgan fingerprint density at radius 3 is 2.08 bits per heavy atom. The van der Waals surface area contributed by atoms with E-state index in [1.165, 1.54) is 13.8 Å². The molecule has 1 unspecified atom stereocenters. The highest BCUT2D eigenvalue weighted by atomic mass is 32.2. The predicted octanol–water partition coefficient (Wildman–Crippen LogP) is 2.30. The third-order valence-corrected chi connectivity index (χ3v) is 4.54. The minimum Gasteiger partial charge on any atom is -0.227 e. The maximum atomic E-state index is 13.5. The summed E-state index contributed by atoms with van der Waals surface area (Å²) >= 11 is 0. The second-order valence-corrected chi connectivity index (χ2v) is 6.33. The van der Waals surface area contributed by atoms with E-state index in [1.54, 1.807) is 6.92 Å². The second kappa shape index (κ2) is 3.73. The zero-order valence-corrected chi connectivity index (χ0v) is 8.91. The quantitative estimate of drug-likeness (QED) is 0.691. The van der Waals surface area contributed by atoms with Gasteiger partial charge in [0.1, 0.15) is 0 Å². The smallest absolute Gasteiger partial charge is 0.208 e. The summed E-state index contributed by atoms with van der Waals surface area (Å²) in [6, 6.07) is 0. The summed E-state index contributed by atoms with van der Waals surface area (Å²) in [7, 11) is -3.61. The summed E-state index contributed by atoms with van der Waals surface area (Å²) in [6.07, 6.45) is 0.618. The monoisotopic (exact) mass is 196 g/mol. The molecule has 0 spiro atoms. The van der Waals surface area contributed by atoms with Crippen LogP contribution in [0.5, 0.6) is 0 Å². The molecule has 0 aromatic heterocycles. The van der Waals surface area contributed by atoms with Crippen molar-refractivity contribution in [2.75, 3.05) is 0 Å². The van der Waals surface area contributed by atoms with Crippen molar-refractivity contribution in [1.82, 2.24) is 0 Å². The van der Waals surface area contributed by atoms with Gasteiger partial charge in [-0.2, -0.15) is 0 Å². The average molecular weight is 196 g/mol. The molecular formula is C8H17FO2S. The Balaban J connectivity index is 4.77. The Morgan fingerprint density at radius 2 is 1.83 bits per heavy atom. The van der Waals surface area contributed by atoms with Crippen molar-refractivity contribution in [2.45, 2.75) is 50.8 Å². The van der Waals surface area contributed by atoms with E-state index in [4.69, 9.17) is 0 Å². The lowest BCUT2D eigenvalue weighted by Gasteiger charge is -2.22. The largest absolute Gasteiger partial charge is 0.227 e. The molecule has 0 aromatic rings. The number of sulfone groups is 1. The molecule has 0 rings (SSSR count). The lowest BCUT2D eigenvalue weighted by molar-refractivity contribution is 0.271. The van der Waals surface area contributed by atoms with Crippen molar-refractivity contribution in [3.63, 3.8) is 0 Å². The minimum absolute atomic E-state index is 0.0769. The van der Waals surface area contributed by atoms with E-state index in [2.05, 4.69) is 0 Å². The van der Waals surface area contributed by atoms with Gasteiger partial charge in [-0.1, -0.05) is 13.3 Å². The molecule has 0 amide bonds. The van der Waals surface area contributed by atoms with E-state index in [0.717, 1.165) is 6.92 Å². The van der Waals surface area contributed by atoms with Crippen molar-refractivity contribution in [3.8, 4) is 0 Å². The molecule has 0 N–H and O–H groups in total. The minimum atomic E-state index is -3.61. The molecule has 12 heavy (non-hydrogen) atoms. The van der Waals surface area contributed by atoms with Crippen LogP contribution in [0.3, 0.4) is 0 Å². The highest BCUT2D eigenvalue weighted by molar-refractivity contribution is 7.93. The van der Waals surface area contributed by atoms with Crippen LogP contribution in [0.1, 0.15) is 40.5 Å². The number of rotatable bonds is 4. The van der Waals surface area contributed by atoms with Gasteiger partial charge in [0.25, 0.3) is 0 Å². The second-order valence-electron chi connectivity index (χ2n) is 3.45. The van der Waals surface area contributed by atoms with Gasteiger partial charge >= 0.3 is 0 Å². The van der Waals surface area contributed by atoms with Gasteiger partial charge in [0.05, 0.1) is 5.25 Å². The highest BCUT2D eigenvalue weighted by Crippen LogP contribution is 2.28. The highest BCUT2D eigenvalue weighted by Gasteiger charge is 2.40. The Labute approximate surface area is 74.1 Å². The summed E-state index contributed by atoms with van der Waals surface area (Å²) in [5, 5.41) is -2.70. The third kappa shape index (κ3) is 2.19. The molecule has 0 saturated heterocycles. The molecule has 0 aliphatic heterocycles. The van der Waals surface area contributed by atoms with Crippen LogP contribution in [0.15, 0.2) is 0 Å². The van der Waals surface area contributed by atoms with E-state index < -0.39 is 20.1 Å². The summed E-state index contributed by atoms with van der Waals surface area (Å²) in [5.74, 6) is 0. The number of halogens is 1. The van der Waals surface area contributed by atoms with Gasteiger partial charge in [-0.3, -0.25) is 0 Å². The fraction of sp³-hybridized carbons (Fsp3) is 1.00. The fourth-order valence-corrected chi connectivity index (χ4v) is 2.55. The van der Waals surface area contributed by atoms with Crippen LogP contribution in [0.25, 0.3) is 0 Å². The summed E-state index contributed by atoms with van der Waals surface area (Å²) in [5.41, 5.74) is 0. The van der Waals surface area contributed by atoms with Crippen LogP contribution < -0.4 is 0 Å². The van der Waals surface area contributed by atoms with Crippen LogP contribution in [0.2, 0.25) is 0 Å². The Morgan fingerprint density at radius 1 is 1.42 bits per heavy atom. The molecular weight excluding hydrogens is 179 g/mol. The van der Waals surface area contributed by atoms with Gasteiger partial charge in [0.15, 0.2) is 9.84 Å². The Kier molecular flexibility index (Phi) is 3.69. The van der Waals surface area contributed by atoms with Crippen molar-refractivity contribution in [1.29, 1.82) is 0 Å². The van der Waals surface area contributed by atoms with Crippen molar-refractivity contribution < 1.29 is 12.8 Å². The zero-order chi connectivity index (χ0) is 9.99. The van der Waals surface area contributed by atoms with Gasteiger partial charge in [-0.25, -0.2) is 12.8 Å². The lowest BCUT2D eigenvalue weighted by Crippen LogP contribution is -2.35. The van der Waals surface area contributed by atoms with Crippen molar-refractivity contribution >= 4 is 9.84 Å². The van der Waals surface area contributed by atoms with Crippen LogP contribution in [0.4, 0.5) is 4.39 Å². The summed E-state index contributed by atoms with van der Waals surface area (Å²) < 4.78 is 36.3. The molecule has 0 bridgehead atoms. The van der Waals surface area contributed by atoms with Gasteiger partial charge in [0.2, 0.25) is 5.00 Å². The molecule has 0 heterocycles. The maximum absolute atomic E-state index is 13.5. The first-order valence-electron chi connectivity index (χ1n) is 4.18.